The number of hydrogen-bond acceptors (Lipinski definition) is 5. The second-order valence-corrected chi connectivity index (χ2v) is 4.71. The Labute approximate surface area is 103 Å². The number of nitrogens with zero attached hydrogens (tertiary/aromatic N) is 5. The van der Waals surface area contributed by atoms with Gasteiger partial charge >= 0.3 is 0 Å². The maximum Gasteiger partial charge on any atom is 0.250 e. The van der Waals surface area contributed by atoms with Crippen molar-refractivity contribution in [2.75, 3.05) is 5.75 Å². The molecular weight excluding hydrogens is 238 g/mol. The van der Waals surface area contributed by atoms with Gasteiger partial charge in [0, 0.05) is 30.8 Å². The third kappa shape index (κ3) is 3.42. The highest BCUT2D eigenvalue weighted by Crippen LogP contribution is 2.10. The van der Waals surface area contributed by atoms with Gasteiger partial charge in [-0.2, -0.15) is 11.8 Å². The Morgan fingerprint density at radius 3 is 3.06 bits per heavy atom. The fourth-order valence-electron chi connectivity index (χ4n) is 1.31. The van der Waals surface area contributed by atoms with Gasteiger partial charge in [0.1, 0.15) is 6.33 Å². The minimum atomic E-state index is 0.0311. The van der Waals surface area contributed by atoms with Crippen LogP contribution < -0.4 is 5.56 Å². The number of thioether (sulfide) groups is 1. The van der Waals surface area contributed by atoms with Crippen LogP contribution in [-0.4, -0.2) is 30.5 Å². The van der Waals surface area contributed by atoms with Crippen molar-refractivity contribution in [2.45, 2.75) is 12.3 Å². The summed E-state index contributed by atoms with van der Waals surface area (Å²) in [5.41, 5.74) is 1.08. The molecule has 0 saturated carbocycles. The van der Waals surface area contributed by atoms with E-state index in [2.05, 4.69) is 15.5 Å². The van der Waals surface area contributed by atoms with Gasteiger partial charge in [-0.05, 0) is 22.1 Å². The highest BCUT2D eigenvalue weighted by Gasteiger charge is 1.97. The van der Waals surface area contributed by atoms with Gasteiger partial charge in [-0.3, -0.25) is 4.79 Å². The zero-order valence-electron chi connectivity index (χ0n) is 9.48. The van der Waals surface area contributed by atoms with Crippen LogP contribution in [0, 0.1) is 0 Å². The summed E-state index contributed by atoms with van der Waals surface area (Å²) >= 11 is 1.75. The molecule has 0 atom stereocenters. The van der Waals surface area contributed by atoms with E-state index < -0.39 is 0 Å². The summed E-state index contributed by atoms with van der Waals surface area (Å²) in [6.07, 6.45) is 3.39. The first kappa shape index (κ1) is 11.8. The molecule has 0 bridgehead atoms. The molecular formula is C10H13N5OS. The molecule has 2 aromatic rings. The Kier molecular flexibility index (Phi) is 3.92. The number of tetrazole rings is 1. The summed E-state index contributed by atoms with van der Waals surface area (Å²) in [5, 5.41) is 10.9. The molecule has 0 radical (unpaired) electrons. The molecule has 2 heterocycles. The molecule has 0 aliphatic rings. The van der Waals surface area contributed by atoms with Crippen LogP contribution in [0.25, 0.3) is 0 Å². The van der Waals surface area contributed by atoms with Crippen molar-refractivity contribution in [1.82, 2.24) is 24.8 Å². The average molecular weight is 251 g/mol. The SMILES string of the molecule is Cn1ccc(CSCCn2cnnn2)cc1=O. The molecule has 0 saturated heterocycles. The second-order valence-electron chi connectivity index (χ2n) is 3.61. The highest BCUT2D eigenvalue weighted by molar-refractivity contribution is 7.98. The molecule has 0 amide bonds. The van der Waals surface area contributed by atoms with Crippen LogP contribution in [0.3, 0.4) is 0 Å². The molecule has 7 heteroatoms. The Balaban J connectivity index is 1.78. The smallest absolute Gasteiger partial charge is 0.250 e. The summed E-state index contributed by atoms with van der Waals surface area (Å²) in [4.78, 5) is 11.4. The average Bonchev–Trinajstić information content (AvgIpc) is 2.82. The quantitative estimate of drug-likeness (QED) is 0.715. The first-order valence-electron chi connectivity index (χ1n) is 5.20. The molecule has 90 valence electrons. The Morgan fingerprint density at radius 2 is 2.35 bits per heavy atom. The van der Waals surface area contributed by atoms with Crippen LogP contribution in [0.5, 0.6) is 0 Å². The maximum absolute atomic E-state index is 11.4. The Hall–Kier alpha value is -1.63. The first-order valence-corrected chi connectivity index (χ1v) is 6.35. The summed E-state index contributed by atoms with van der Waals surface area (Å²) in [6.45, 7) is 0.780. The van der Waals surface area contributed by atoms with Gasteiger partial charge in [0.05, 0.1) is 6.54 Å². The zero-order chi connectivity index (χ0) is 12.1. The van der Waals surface area contributed by atoms with Gasteiger partial charge in [0.15, 0.2) is 0 Å². The van der Waals surface area contributed by atoms with E-state index in [1.165, 1.54) is 0 Å². The van der Waals surface area contributed by atoms with Crippen LogP contribution in [0.15, 0.2) is 29.5 Å². The molecule has 0 fully saturated rings. The molecule has 0 aromatic carbocycles. The topological polar surface area (TPSA) is 65.6 Å². The van der Waals surface area contributed by atoms with Crippen LogP contribution in [-0.2, 0) is 19.3 Å². The van der Waals surface area contributed by atoms with Crippen LogP contribution in [0.4, 0.5) is 0 Å². The minimum absolute atomic E-state index is 0.0311. The van der Waals surface area contributed by atoms with E-state index in [0.29, 0.717) is 0 Å². The number of hydrogen-bond donors (Lipinski definition) is 0. The van der Waals surface area contributed by atoms with Gasteiger partial charge in [-0.1, -0.05) is 0 Å². The van der Waals surface area contributed by atoms with Gasteiger partial charge in [0.25, 0.3) is 5.56 Å². The molecule has 0 unspecified atom stereocenters. The number of rotatable bonds is 5. The van der Waals surface area contributed by atoms with Crippen molar-refractivity contribution in [3.63, 3.8) is 0 Å². The van der Waals surface area contributed by atoms with E-state index >= 15 is 0 Å². The van der Waals surface area contributed by atoms with Crippen molar-refractivity contribution in [2.24, 2.45) is 7.05 Å². The lowest BCUT2D eigenvalue weighted by Gasteiger charge is -2.02. The standard InChI is InChI=1S/C10H13N5OS/c1-14-3-2-9(6-10(14)16)7-17-5-4-15-8-11-12-13-15/h2-3,6,8H,4-5,7H2,1H3. The summed E-state index contributed by atoms with van der Waals surface area (Å²) in [6, 6.07) is 3.63. The lowest BCUT2D eigenvalue weighted by Crippen LogP contribution is -2.14. The Morgan fingerprint density at radius 1 is 1.47 bits per heavy atom. The van der Waals surface area contributed by atoms with Crippen LogP contribution >= 0.6 is 11.8 Å². The molecule has 0 aliphatic carbocycles. The van der Waals surface area contributed by atoms with Gasteiger partial charge in [-0.25, -0.2) is 4.68 Å². The molecule has 0 aliphatic heterocycles. The zero-order valence-corrected chi connectivity index (χ0v) is 10.3. The molecule has 0 spiro atoms. The summed E-state index contributed by atoms with van der Waals surface area (Å²) in [7, 11) is 1.75. The van der Waals surface area contributed by atoms with Crippen molar-refractivity contribution in [3.05, 3.63) is 40.6 Å². The predicted molar refractivity (Wildman–Crippen MR) is 65.7 cm³/mol. The third-order valence-electron chi connectivity index (χ3n) is 2.29. The van der Waals surface area contributed by atoms with E-state index in [-0.39, 0.29) is 5.56 Å². The number of aromatic nitrogens is 5. The normalized spacial score (nSPS) is 10.6. The van der Waals surface area contributed by atoms with Gasteiger partial charge in [0.2, 0.25) is 0 Å². The predicted octanol–water partition coefficient (Wildman–Crippen LogP) is 0.305. The summed E-state index contributed by atoms with van der Waals surface area (Å²) in [5.74, 6) is 1.75. The fourth-order valence-corrected chi connectivity index (χ4v) is 2.19. The highest BCUT2D eigenvalue weighted by atomic mass is 32.2. The Bertz CT molecular complexity index is 522. The van der Waals surface area contributed by atoms with Crippen molar-refractivity contribution in [3.8, 4) is 0 Å². The lowest BCUT2D eigenvalue weighted by atomic mass is 10.3. The van der Waals surface area contributed by atoms with Crippen LogP contribution in [0.2, 0.25) is 0 Å². The fraction of sp³-hybridized carbons (Fsp3) is 0.400. The lowest BCUT2D eigenvalue weighted by molar-refractivity contribution is 0.631. The van der Waals surface area contributed by atoms with Crippen molar-refractivity contribution in [1.29, 1.82) is 0 Å². The first-order chi connectivity index (χ1) is 8.25. The second kappa shape index (κ2) is 5.62. The van der Waals surface area contributed by atoms with Gasteiger partial charge < -0.3 is 4.57 Å². The number of aryl methyl sites for hydroxylation is 2. The molecule has 0 N–H and O–H groups in total. The maximum atomic E-state index is 11.4. The third-order valence-corrected chi connectivity index (χ3v) is 3.30. The van der Waals surface area contributed by atoms with Gasteiger partial charge in [-0.15, -0.1) is 5.10 Å². The largest absolute Gasteiger partial charge is 0.319 e. The van der Waals surface area contributed by atoms with E-state index in [0.717, 1.165) is 23.6 Å². The van der Waals surface area contributed by atoms with E-state index in [4.69, 9.17) is 0 Å². The summed E-state index contributed by atoms with van der Waals surface area (Å²) < 4.78 is 3.26. The minimum Gasteiger partial charge on any atom is -0.319 e. The van der Waals surface area contributed by atoms with Crippen LogP contribution in [0.1, 0.15) is 5.56 Å². The van der Waals surface area contributed by atoms with Crippen molar-refractivity contribution >= 4 is 11.8 Å². The molecule has 2 aromatic heterocycles. The molecule has 2 rings (SSSR count). The van der Waals surface area contributed by atoms with E-state index in [1.807, 2.05) is 6.07 Å². The van der Waals surface area contributed by atoms with E-state index in [9.17, 15) is 4.79 Å². The monoisotopic (exact) mass is 251 g/mol. The van der Waals surface area contributed by atoms with E-state index in [1.54, 1.807) is 46.6 Å². The molecule has 17 heavy (non-hydrogen) atoms. The molecule has 6 nitrogen and oxygen atoms in total. The van der Waals surface area contributed by atoms with Crippen molar-refractivity contribution < 1.29 is 0 Å². The number of pyridine rings is 1.